The predicted molar refractivity (Wildman–Crippen MR) is 66.9 cm³/mol. The molecule has 16 heavy (non-hydrogen) atoms. The maximum Gasteiger partial charge on any atom is 0.179 e. The largest absolute Gasteiger partial charge is 0.493 e. The van der Waals surface area contributed by atoms with Gasteiger partial charge in [-0.05, 0) is 44.1 Å². The number of likely N-dealkylation sites (N-methyl/N-ethyl adjacent to an activating group) is 1. The monoisotopic (exact) mass is 243 g/mol. The van der Waals surface area contributed by atoms with E-state index in [1.165, 1.54) is 0 Å². The van der Waals surface area contributed by atoms with Crippen molar-refractivity contribution in [2.75, 3.05) is 27.8 Å². The molecule has 0 unspecified atom stereocenters. The second-order valence-electron chi connectivity index (χ2n) is 3.58. The zero-order valence-corrected chi connectivity index (χ0v) is 10.9. The van der Waals surface area contributed by atoms with E-state index in [0.717, 1.165) is 24.1 Å². The van der Waals surface area contributed by atoms with Crippen molar-refractivity contribution in [3.63, 3.8) is 0 Å². The summed E-state index contributed by atoms with van der Waals surface area (Å²) in [6, 6.07) is 1.95. The van der Waals surface area contributed by atoms with Gasteiger partial charge in [0.1, 0.15) is 0 Å². The van der Waals surface area contributed by atoms with Crippen molar-refractivity contribution in [2.45, 2.75) is 13.3 Å². The molecular formula is C12H18ClNO2. The van der Waals surface area contributed by atoms with Crippen LogP contribution in [-0.4, -0.2) is 27.8 Å². The van der Waals surface area contributed by atoms with E-state index < -0.39 is 0 Å². The van der Waals surface area contributed by atoms with E-state index in [9.17, 15) is 0 Å². The van der Waals surface area contributed by atoms with Crippen molar-refractivity contribution >= 4 is 11.6 Å². The molecule has 0 heterocycles. The summed E-state index contributed by atoms with van der Waals surface area (Å²) in [5, 5.41) is 3.75. The highest BCUT2D eigenvalue weighted by Crippen LogP contribution is 2.39. The number of methoxy groups -OCH3 is 2. The average molecular weight is 244 g/mol. The summed E-state index contributed by atoms with van der Waals surface area (Å²) in [6.07, 6.45) is 0.877. The molecule has 0 saturated heterocycles. The van der Waals surface area contributed by atoms with Gasteiger partial charge >= 0.3 is 0 Å². The van der Waals surface area contributed by atoms with Crippen LogP contribution in [0.4, 0.5) is 0 Å². The standard InChI is InChI=1S/C12H18ClNO2/c1-8-7-10(15-3)12(16-4)11(13)9(8)5-6-14-2/h7,14H,5-6H2,1-4H3. The fourth-order valence-corrected chi connectivity index (χ4v) is 2.08. The lowest BCUT2D eigenvalue weighted by molar-refractivity contribution is 0.354. The van der Waals surface area contributed by atoms with Crippen LogP contribution in [0.5, 0.6) is 11.5 Å². The maximum atomic E-state index is 6.30. The molecular weight excluding hydrogens is 226 g/mol. The van der Waals surface area contributed by atoms with Gasteiger partial charge in [0.25, 0.3) is 0 Å². The third kappa shape index (κ3) is 2.60. The molecule has 3 nitrogen and oxygen atoms in total. The van der Waals surface area contributed by atoms with Crippen LogP contribution in [0.25, 0.3) is 0 Å². The van der Waals surface area contributed by atoms with Gasteiger partial charge in [0.2, 0.25) is 0 Å². The highest BCUT2D eigenvalue weighted by atomic mass is 35.5. The number of ether oxygens (including phenoxy) is 2. The smallest absolute Gasteiger partial charge is 0.179 e. The quantitative estimate of drug-likeness (QED) is 0.862. The van der Waals surface area contributed by atoms with Gasteiger partial charge in [0, 0.05) is 0 Å². The Morgan fingerprint density at radius 1 is 1.31 bits per heavy atom. The fourth-order valence-electron chi connectivity index (χ4n) is 1.67. The summed E-state index contributed by atoms with van der Waals surface area (Å²) in [5.74, 6) is 1.29. The average Bonchev–Trinajstić information content (AvgIpc) is 2.28. The summed E-state index contributed by atoms with van der Waals surface area (Å²) in [7, 11) is 5.13. The van der Waals surface area contributed by atoms with E-state index in [2.05, 4.69) is 5.32 Å². The van der Waals surface area contributed by atoms with Gasteiger partial charge in [-0.3, -0.25) is 0 Å². The Hall–Kier alpha value is -0.930. The molecule has 0 aliphatic heterocycles. The van der Waals surface area contributed by atoms with Crippen molar-refractivity contribution in [1.82, 2.24) is 5.32 Å². The summed E-state index contributed by atoms with van der Waals surface area (Å²) in [4.78, 5) is 0. The summed E-state index contributed by atoms with van der Waals surface area (Å²) in [5.41, 5.74) is 2.23. The van der Waals surface area contributed by atoms with Crippen LogP contribution in [-0.2, 0) is 6.42 Å². The summed E-state index contributed by atoms with van der Waals surface area (Å²) < 4.78 is 10.5. The van der Waals surface area contributed by atoms with E-state index in [-0.39, 0.29) is 0 Å². The van der Waals surface area contributed by atoms with Gasteiger partial charge in [0.15, 0.2) is 11.5 Å². The van der Waals surface area contributed by atoms with Crippen molar-refractivity contribution in [3.05, 3.63) is 22.2 Å². The first kappa shape index (κ1) is 13.1. The molecule has 0 fully saturated rings. The van der Waals surface area contributed by atoms with Crippen LogP contribution in [0.15, 0.2) is 6.07 Å². The van der Waals surface area contributed by atoms with Gasteiger partial charge in [-0.25, -0.2) is 0 Å². The highest BCUT2D eigenvalue weighted by Gasteiger charge is 2.15. The second kappa shape index (κ2) is 5.97. The van der Waals surface area contributed by atoms with Crippen molar-refractivity contribution in [2.24, 2.45) is 0 Å². The minimum atomic E-state index is 0.612. The third-order valence-electron chi connectivity index (χ3n) is 2.56. The minimum Gasteiger partial charge on any atom is -0.493 e. The van der Waals surface area contributed by atoms with Crippen LogP contribution in [0.1, 0.15) is 11.1 Å². The molecule has 0 bridgehead atoms. The number of hydrogen-bond acceptors (Lipinski definition) is 3. The molecule has 1 rings (SSSR count). The zero-order chi connectivity index (χ0) is 12.1. The topological polar surface area (TPSA) is 30.5 Å². The number of rotatable bonds is 5. The highest BCUT2D eigenvalue weighted by molar-refractivity contribution is 6.33. The van der Waals surface area contributed by atoms with Crippen molar-refractivity contribution in [3.8, 4) is 11.5 Å². The normalized spacial score (nSPS) is 10.3. The van der Waals surface area contributed by atoms with Gasteiger partial charge in [-0.2, -0.15) is 0 Å². The van der Waals surface area contributed by atoms with Crippen LogP contribution >= 0.6 is 11.6 Å². The molecule has 0 saturated carbocycles. The summed E-state index contributed by atoms with van der Waals surface area (Å²) in [6.45, 7) is 2.91. The number of nitrogens with one attached hydrogen (secondary N) is 1. The molecule has 0 radical (unpaired) electrons. The predicted octanol–water partition coefficient (Wildman–Crippen LogP) is 2.43. The Balaban J connectivity index is 3.18. The van der Waals surface area contributed by atoms with E-state index >= 15 is 0 Å². The molecule has 0 aliphatic rings. The van der Waals surface area contributed by atoms with Gasteiger partial charge in [-0.1, -0.05) is 11.6 Å². The molecule has 4 heteroatoms. The molecule has 0 spiro atoms. The Bertz CT molecular complexity index is 367. The number of hydrogen-bond donors (Lipinski definition) is 1. The van der Waals surface area contributed by atoms with Gasteiger partial charge in [-0.15, -0.1) is 0 Å². The maximum absolute atomic E-state index is 6.30. The Morgan fingerprint density at radius 3 is 2.50 bits per heavy atom. The molecule has 1 N–H and O–H groups in total. The number of aryl methyl sites for hydroxylation is 1. The Labute approximate surface area is 102 Å². The van der Waals surface area contributed by atoms with Crippen LogP contribution in [0.3, 0.4) is 0 Å². The second-order valence-corrected chi connectivity index (χ2v) is 3.95. The number of benzene rings is 1. The first-order chi connectivity index (χ1) is 7.65. The first-order valence-electron chi connectivity index (χ1n) is 5.20. The lowest BCUT2D eigenvalue weighted by atomic mass is 10.0. The fraction of sp³-hybridized carbons (Fsp3) is 0.500. The van der Waals surface area contributed by atoms with E-state index in [1.54, 1.807) is 14.2 Å². The van der Waals surface area contributed by atoms with Gasteiger partial charge < -0.3 is 14.8 Å². The van der Waals surface area contributed by atoms with Crippen LogP contribution in [0.2, 0.25) is 5.02 Å². The molecule has 90 valence electrons. The number of halogens is 1. The SMILES string of the molecule is CNCCc1c(C)cc(OC)c(OC)c1Cl. The van der Waals surface area contributed by atoms with E-state index in [1.807, 2.05) is 20.0 Å². The lowest BCUT2D eigenvalue weighted by Crippen LogP contribution is -2.11. The summed E-state index contributed by atoms with van der Waals surface area (Å²) >= 11 is 6.30. The van der Waals surface area contributed by atoms with Crippen LogP contribution in [0, 0.1) is 6.92 Å². The first-order valence-corrected chi connectivity index (χ1v) is 5.58. The third-order valence-corrected chi connectivity index (χ3v) is 2.96. The van der Waals surface area contributed by atoms with E-state index in [4.69, 9.17) is 21.1 Å². The molecule has 1 aromatic carbocycles. The molecule has 0 amide bonds. The molecule has 0 atom stereocenters. The molecule has 0 aromatic heterocycles. The molecule has 1 aromatic rings. The van der Waals surface area contributed by atoms with Gasteiger partial charge in [0.05, 0.1) is 19.2 Å². The minimum absolute atomic E-state index is 0.612. The van der Waals surface area contributed by atoms with E-state index in [0.29, 0.717) is 16.5 Å². The Morgan fingerprint density at radius 2 is 2.00 bits per heavy atom. The van der Waals surface area contributed by atoms with Crippen LogP contribution < -0.4 is 14.8 Å². The zero-order valence-electron chi connectivity index (χ0n) is 10.2. The lowest BCUT2D eigenvalue weighted by Gasteiger charge is -2.15. The van der Waals surface area contributed by atoms with Crippen molar-refractivity contribution < 1.29 is 9.47 Å². The Kier molecular flexibility index (Phi) is 4.90. The van der Waals surface area contributed by atoms with Crippen molar-refractivity contribution in [1.29, 1.82) is 0 Å². The molecule has 0 aliphatic carbocycles.